The van der Waals surface area contributed by atoms with Gasteiger partial charge < -0.3 is 9.05 Å². The zero-order valence-electron chi connectivity index (χ0n) is 8.77. The van der Waals surface area contributed by atoms with Crippen molar-refractivity contribution in [2.24, 2.45) is 0 Å². The topological polar surface area (TPSA) is 18.5 Å². The van der Waals surface area contributed by atoms with Gasteiger partial charge in [-0.05, 0) is 24.6 Å². The van der Waals surface area contributed by atoms with Gasteiger partial charge in [-0.25, -0.2) is 0 Å². The second-order valence-corrected chi connectivity index (χ2v) is 8.13. The third-order valence-electron chi connectivity index (χ3n) is 1.50. The van der Waals surface area contributed by atoms with E-state index in [-0.39, 0.29) is 21.1 Å². The molecular formula is C8H19MoO2PS2. The Balaban J connectivity index is 0. The van der Waals surface area contributed by atoms with Crippen molar-refractivity contribution in [3.05, 3.63) is 0 Å². The van der Waals surface area contributed by atoms with Gasteiger partial charge in [0.2, 0.25) is 5.69 Å². The third-order valence-corrected chi connectivity index (χ3v) is 3.85. The smallest absolute Gasteiger partial charge is 0.244 e. The van der Waals surface area contributed by atoms with Crippen LogP contribution in [0.2, 0.25) is 0 Å². The molecule has 0 aliphatic carbocycles. The molecular weight excluding hydrogens is 319 g/mol. The summed E-state index contributed by atoms with van der Waals surface area (Å²) in [4.78, 5) is 0. The normalized spacial score (nSPS) is 11.1. The van der Waals surface area contributed by atoms with Crippen molar-refractivity contribution in [3.8, 4) is 0 Å². The molecule has 0 N–H and O–H groups in total. The Kier molecular flexibility index (Phi) is 14.3. The minimum absolute atomic E-state index is 0. The first kappa shape index (κ1) is 18.0. The quantitative estimate of drug-likeness (QED) is 0.315. The molecule has 0 fully saturated rings. The molecule has 0 saturated heterocycles. The maximum absolute atomic E-state index is 5.38. The molecule has 0 aromatic carbocycles. The first-order chi connectivity index (χ1) is 6.12. The van der Waals surface area contributed by atoms with E-state index < -0.39 is 5.69 Å². The van der Waals surface area contributed by atoms with Gasteiger partial charge in [0.1, 0.15) is 0 Å². The van der Waals surface area contributed by atoms with Crippen molar-refractivity contribution in [2.75, 3.05) is 13.2 Å². The van der Waals surface area contributed by atoms with E-state index in [2.05, 4.69) is 26.1 Å². The molecule has 0 unspecified atom stereocenters. The fraction of sp³-hybridized carbons (Fsp3) is 1.00. The van der Waals surface area contributed by atoms with Crippen molar-refractivity contribution in [1.29, 1.82) is 0 Å². The number of thiol groups is 1. The SMILES string of the molecule is CCCCOP(=S)(S)OCCCC.[Mo]. The summed E-state index contributed by atoms with van der Waals surface area (Å²) in [6.45, 7) is 5.57. The molecule has 0 aliphatic heterocycles. The van der Waals surface area contributed by atoms with Crippen LogP contribution < -0.4 is 0 Å². The molecule has 0 atom stereocenters. The minimum Gasteiger partial charge on any atom is -0.322 e. The van der Waals surface area contributed by atoms with Crippen molar-refractivity contribution in [3.63, 3.8) is 0 Å². The van der Waals surface area contributed by atoms with Crippen molar-refractivity contribution >= 4 is 29.7 Å². The van der Waals surface area contributed by atoms with Crippen LogP contribution in [0.1, 0.15) is 39.5 Å². The third kappa shape index (κ3) is 11.7. The first-order valence-electron chi connectivity index (χ1n) is 4.74. The Morgan fingerprint density at radius 2 is 1.43 bits per heavy atom. The zero-order chi connectivity index (χ0) is 10.2. The maximum atomic E-state index is 5.38. The molecule has 0 spiro atoms. The summed E-state index contributed by atoms with van der Waals surface area (Å²) in [5.41, 5.74) is -2.22. The number of rotatable bonds is 8. The second kappa shape index (κ2) is 11.1. The van der Waals surface area contributed by atoms with Crippen LogP contribution in [0.3, 0.4) is 0 Å². The molecule has 0 aliphatic rings. The summed E-state index contributed by atoms with van der Waals surface area (Å²) in [5, 5.41) is 0. The largest absolute Gasteiger partial charge is 0.322 e. The standard InChI is InChI=1S/C8H19O2PS2.Mo/c1-3-5-7-9-11(12,13)10-8-6-4-2;/h3-8H2,1-2H3,(H,12,13);. The summed E-state index contributed by atoms with van der Waals surface area (Å²) in [6.07, 6.45) is 4.27. The Bertz CT molecular complexity index is 155. The molecule has 0 aromatic heterocycles. The molecule has 0 rings (SSSR count). The van der Waals surface area contributed by atoms with E-state index in [1.54, 1.807) is 0 Å². The van der Waals surface area contributed by atoms with Crippen LogP contribution in [0.5, 0.6) is 0 Å². The average Bonchev–Trinajstić information content (AvgIpc) is 2.05. The van der Waals surface area contributed by atoms with Gasteiger partial charge in [-0.1, -0.05) is 38.9 Å². The van der Waals surface area contributed by atoms with Gasteiger partial charge in [-0.2, -0.15) is 0 Å². The van der Waals surface area contributed by atoms with Gasteiger partial charge in [0, 0.05) is 21.1 Å². The van der Waals surface area contributed by atoms with E-state index in [4.69, 9.17) is 20.9 Å². The van der Waals surface area contributed by atoms with Crippen molar-refractivity contribution < 1.29 is 30.1 Å². The summed E-state index contributed by atoms with van der Waals surface area (Å²) >= 11 is 9.31. The fourth-order valence-corrected chi connectivity index (χ4v) is 2.42. The summed E-state index contributed by atoms with van der Waals surface area (Å²) in [7, 11) is 0. The average molecular weight is 338 g/mol. The molecule has 0 saturated carbocycles. The van der Waals surface area contributed by atoms with Gasteiger partial charge in [0.15, 0.2) is 0 Å². The van der Waals surface area contributed by atoms with Crippen LogP contribution in [0.25, 0.3) is 0 Å². The van der Waals surface area contributed by atoms with Gasteiger partial charge in [0.25, 0.3) is 0 Å². The summed E-state index contributed by atoms with van der Waals surface area (Å²) in [5.74, 6) is 0. The molecule has 0 heterocycles. The van der Waals surface area contributed by atoms with Crippen LogP contribution in [0.15, 0.2) is 0 Å². The van der Waals surface area contributed by atoms with Crippen LogP contribution in [0.4, 0.5) is 0 Å². The molecule has 0 aromatic rings. The van der Waals surface area contributed by atoms with E-state index in [1.807, 2.05) is 0 Å². The molecule has 0 bridgehead atoms. The fourth-order valence-electron chi connectivity index (χ4n) is 0.686. The van der Waals surface area contributed by atoms with Crippen LogP contribution >= 0.6 is 17.9 Å². The Morgan fingerprint density at radius 3 is 1.71 bits per heavy atom. The monoisotopic (exact) mass is 340 g/mol. The van der Waals surface area contributed by atoms with E-state index in [1.165, 1.54) is 0 Å². The Hall–Kier alpha value is 1.61. The Labute approximate surface area is 112 Å². The second-order valence-electron chi connectivity index (χ2n) is 2.84. The van der Waals surface area contributed by atoms with E-state index in [0.29, 0.717) is 13.2 Å². The first-order valence-corrected chi connectivity index (χ1v) is 8.53. The molecule has 2 nitrogen and oxygen atoms in total. The van der Waals surface area contributed by atoms with Crippen LogP contribution in [-0.4, -0.2) is 13.2 Å². The van der Waals surface area contributed by atoms with E-state index in [0.717, 1.165) is 25.7 Å². The molecule has 6 heteroatoms. The number of unbranched alkanes of at least 4 members (excludes halogenated alkanes) is 2. The molecule has 86 valence electrons. The summed E-state index contributed by atoms with van der Waals surface area (Å²) < 4.78 is 10.8. The van der Waals surface area contributed by atoms with Crippen molar-refractivity contribution in [1.82, 2.24) is 0 Å². The van der Waals surface area contributed by atoms with Gasteiger partial charge in [0.05, 0.1) is 13.2 Å². The van der Waals surface area contributed by atoms with E-state index >= 15 is 0 Å². The Morgan fingerprint density at radius 1 is 1.07 bits per heavy atom. The van der Waals surface area contributed by atoms with Crippen LogP contribution in [0, 0.1) is 0 Å². The van der Waals surface area contributed by atoms with Crippen LogP contribution in [-0.2, 0) is 41.9 Å². The van der Waals surface area contributed by atoms with Gasteiger partial charge in [-0.3, -0.25) is 0 Å². The summed E-state index contributed by atoms with van der Waals surface area (Å²) in [6, 6.07) is 0. The number of hydrogen-bond donors (Lipinski definition) is 1. The number of hydrogen-bond acceptors (Lipinski definition) is 3. The van der Waals surface area contributed by atoms with E-state index in [9.17, 15) is 0 Å². The zero-order valence-corrected chi connectivity index (χ0v) is 13.4. The molecule has 0 amide bonds. The predicted octanol–water partition coefficient (Wildman–Crippen LogP) is 3.77. The molecule has 0 radical (unpaired) electrons. The molecule has 14 heavy (non-hydrogen) atoms. The van der Waals surface area contributed by atoms with Gasteiger partial charge >= 0.3 is 0 Å². The predicted molar refractivity (Wildman–Crippen MR) is 65.0 cm³/mol. The maximum Gasteiger partial charge on any atom is 0.244 e. The van der Waals surface area contributed by atoms with Crippen molar-refractivity contribution in [2.45, 2.75) is 39.5 Å². The minimum atomic E-state index is -2.22. The van der Waals surface area contributed by atoms with Gasteiger partial charge in [-0.15, -0.1) is 0 Å².